The minimum absolute atomic E-state index is 0.0920. The molecule has 0 N–H and O–H groups in total. The molecule has 0 spiro atoms. The molecule has 0 amide bonds. The average Bonchev–Trinajstić information content (AvgIpc) is 3.17. The number of rotatable bonds is 3. The third-order valence-corrected chi connectivity index (χ3v) is 5.28. The highest BCUT2D eigenvalue weighted by atomic mass is 16.1. The van der Waals surface area contributed by atoms with Crippen molar-refractivity contribution in [2.75, 3.05) is 19.6 Å². The molecule has 4 rings (SSSR count). The zero-order valence-corrected chi connectivity index (χ0v) is 12.9. The van der Waals surface area contributed by atoms with E-state index < -0.39 is 0 Å². The summed E-state index contributed by atoms with van der Waals surface area (Å²) in [4.78, 5) is 18.7. The molecule has 3 nitrogen and oxygen atoms in total. The summed E-state index contributed by atoms with van der Waals surface area (Å²) < 4.78 is 0. The van der Waals surface area contributed by atoms with Gasteiger partial charge in [-0.3, -0.25) is 9.78 Å². The van der Waals surface area contributed by atoms with Crippen LogP contribution in [0.25, 0.3) is 11.3 Å². The van der Waals surface area contributed by atoms with Gasteiger partial charge in [0.15, 0.2) is 5.78 Å². The van der Waals surface area contributed by atoms with Gasteiger partial charge in [-0.25, -0.2) is 0 Å². The van der Waals surface area contributed by atoms with Crippen LogP contribution in [0.5, 0.6) is 0 Å². The molecule has 3 heterocycles. The molecule has 1 aromatic carbocycles. The summed E-state index contributed by atoms with van der Waals surface area (Å²) in [6.45, 7) is 5.24. The van der Waals surface area contributed by atoms with Crippen LogP contribution in [0.4, 0.5) is 0 Å². The third-order valence-electron chi connectivity index (χ3n) is 5.28. The summed E-state index contributed by atoms with van der Waals surface area (Å²) in [5.74, 6) is 0.0920. The van der Waals surface area contributed by atoms with Gasteiger partial charge in [-0.1, -0.05) is 24.3 Å². The molecule has 22 heavy (non-hydrogen) atoms. The summed E-state index contributed by atoms with van der Waals surface area (Å²) in [7, 11) is 0. The lowest BCUT2D eigenvalue weighted by Gasteiger charge is -2.25. The number of hydrogen-bond donors (Lipinski definition) is 0. The number of Topliss-reactive ketones (excluding diaryl/α,β-unsaturated/α-hetero) is 1. The van der Waals surface area contributed by atoms with Crippen LogP contribution in [-0.4, -0.2) is 35.3 Å². The molecule has 2 fully saturated rings. The van der Waals surface area contributed by atoms with Gasteiger partial charge >= 0.3 is 0 Å². The van der Waals surface area contributed by atoms with E-state index >= 15 is 0 Å². The van der Waals surface area contributed by atoms with E-state index in [0.29, 0.717) is 5.41 Å². The molecule has 2 saturated heterocycles. The lowest BCUT2D eigenvalue weighted by Crippen LogP contribution is -2.24. The molecule has 0 radical (unpaired) electrons. The summed E-state index contributed by atoms with van der Waals surface area (Å²) in [5.41, 5.74) is 4.41. The van der Waals surface area contributed by atoms with Gasteiger partial charge < -0.3 is 4.90 Å². The molecule has 0 unspecified atom stereocenters. The van der Waals surface area contributed by atoms with Gasteiger partial charge in [0.25, 0.3) is 0 Å². The molecule has 0 saturated carbocycles. The monoisotopic (exact) mass is 292 g/mol. The van der Waals surface area contributed by atoms with Crippen LogP contribution in [0.2, 0.25) is 0 Å². The van der Waals surface area contributed by atoms with E-state index in [4.69, 9.17) is 0 Å². The van der Waals surface area contributed by atoms with Crippen LogP contribution in [0.15, 0.2) is 42.6 Å². The van der Waals surface area contributed by atoms with Crippen molar-refractivity contribution in [3.63, 3.8) is 0 Å². The number of carbonyl (C=O) groups excluding carboxylic acids is 1. The molecule has 3 heteroatoms. The Kier molecular flexibility index (Phi) is 3.12. The van der Waals surface area contributed by atoms with Gasteiger partial charge in [0, 0.05) is 29.3 Å². The molecule has 1 aromatic heterocycles. The van der Waals surface area contributed by atoms with Crippen molar-refractivity contribution in [2.45, 2.75) is 25.2 Å². The minimum Gasteiger partial charge on any atom is -0.302 e. The van der Waals surface area contributed by atoms with E-state index in [-0.39, 0.29) is 5.78 Å². The number of fused-ring (bicyclic) bond motifs is 2. The van der Waals surface area contributed by atoms with Crippen LogP contribution >= 0.6 is 0 Å². The van der Waals surface area contributed by atoms with E-state index in [1.165, 1.54) is 38.0 Å². The van der Waals surface area contributed by atoms with Crippen molar-refractivity contribution in [3.8, 4) is 11.3 Å². The second kappa shape index (κ2) is 5.03. The number of aromatic nitrogens is 1. The second-order valence-corrected chi connectivity index (χ2v) is 6.63. The first-order chi connectivity index (χ1) is 10.7. The Bertz CT molecular complexity index is 712. The predicted molar refractivity (Wildman–Crippen MR) is 87.0 cm³/mol. The third kappa shape index (κ3) is 2.17. The Labute approximate surface area is 131 Å². The predicted octanol–water partition coefficient (Wildman–Crippen LogP) is 3.30. The van der Waals surface area contributed by atoms with E-state index in [0.717, 1.165) is 16.8 Å². The summed E-state index contributed by atoms with van der Waals surface area (Å²) >= 11 is 0. The fraction of sp³-hybridized carbons (Fsp3) is 0.368. The number of ketones is 1. The van der Waals surface area contributed by atoms with Crippen molar-refractivity contribution in [1.82, 2.24) is 9.88 Å². The summed E-state index contributed by atoms with van der Waals surface area (Å²) in [5, 5.41) is 0. The normalized spacial score (nSPS) is 26.3. The molecule has 112 valence electrons. The Hall–Kier alpha value is -2.00. The number of carbonyl (C=O) groups is 1. The minimum atomic E-state index is 0.0920. The molecule has 2 aliphatic heterocycles. The van der Waals surface area contributed by atoms with Gasteiger partial charge in [-0.05, 0) is 50.6 Å². The fourth-order valence-electron chi connectivity index (χ4n) is 3.88. The average molecular weight is 292 g/mol. The maximum atomic E-state index is 11.5. The highest BCUT2D eigenvalue weighted by Gasteiger charge is 2.44. The van der Waals surface area contributed by atoms with Crippen LogP contribution in [0.1, 0.15) is 35.7 Å². The van der Waals surface area contributed by atoms with Crippen molar-refractivity contribution in [3.05, 3.63) is 53.7 Å². The van der Waals surface area contributed by atoms with Gasteiger partial charge in [0.1, 0.15) is 0 Å². The molecule has 2 aliphatic rings. The zero-order valence-electron chi connectivity index (χ0n) is 12.9. The molecule has 0 aliphatic carbocycles. The topological polar surface area (TPSA) is 33.2 Å². The number of benzene rings is 1. The standard InChI is InChI=1S/C19H20N2O/c1-14(22)15-3-2-4-16(11-15)18-6-5-17(12-20-18)19-7-9-21(13-19)10-8-19/h2-6,11-12H,7-10,13H2,1H3. The molecule has 2 bridgehead atoms. The first kappa shape index (κ1) is 13.6. The van der Waals surface area contributed by atoms with Crippen LogP contribution in [0.3, 0.4) is 0 Å². The smallest absolute Gasteiger partial charge is 0.159 e. The summed E-state index contributed by atoms with van der Waals surface area (Å²) in [6, 6.07) is 12.0. The highest BCUT2D eigenvalue weighted by Crippen LogP contribution is 2.43. The molecular formula is C19H20N2O. The Balaban J connectivity index is 1.65. The first-order valence-electron chi connectivity index (χ1n) is 7.97. The van der Waals surface area contributed by atoms with E-state index in [1.54, 1.807) is 6.92 Å². The largest absolute Gasteiger partial charge is 0.302 e. The van der Waals surface area contributed by atoms with Crippen LogP contribution < -0.4 is 0 Å². The van der Waals surface area contributed by atoms with E-state index in [9.17, 15) is 4.79 Å². The van der Waals surface area contributed by atoms with Crippen molar-refractivity contribution >= 4 is 5.78 Å². The molecule has 2 aromatic rings. The maximum Gasteiger partial charge on any atom is 0.159 e. The molecule has 0 atom stereocenters. The lowest BCUT2D eigenvalue weighted by atomic mass is 9.78. The maximum absolute atomic E-state index is 11.5. The van der Waals surface area contributed by atoms with Gasteiger partial charge in [-0.2, -0.15) is 0 Å². The van der Waals surface area contributed by atoms with Gasteiger partial charge in [0.05, 0.1) is 5.69 Å². The SMILES string of the molecule is CC(=O)c1cccc(-c2ccc(C34CCN(CC3)C4)cn2)c1. The summed E-state index contributed by atoms with van der Waals surface area (Å²) in [6.07, 6.45) is 4.56. The number of hydrogen-bond acceptors (Lipinski definition) is 3. The van der Waals surface area contributed by atoms with Crippen LogP contribution in [-0.2, 0) is 5.41 Å². The van der Waals surface area contributed by atoms with E-state index in [1.807, 2.05) is 30.5 Å². The van der Waals surface area contributed by atoms with E-state index in [2.05, 4.69) is 22.0 Å². The Morgan fingerprint density at radius 3 is 2.59 bits per heavy atom. The Morgan fingerprint density at radius 2 is 2.00 bits per heavy atom. The van der Waals surface area contributed by atoms with Crippen LogP contribution in [0, 0.1) is 0 Å². The van der Waals surface area contributed by atoms with Crippen molar-refractivity contribution in [1.29, 1.82) is 0 Å². The number of nitrogens with zero attached hydrogens (tertiary/aromatic N) is 2. The highest BCUT2D eigenvalue weighted by molar-refractivity contribution is 5.95. The molecular weight excluding hydrogens is 272 g/mol. The van der Waals surface area contributed by atoms with Crippen molar-refractivity contribution in [2.24, 2.45) is 0 Å². The zero-order chi connectivity index (χ0) is 15.2. The first-order valence-corrected chi connectivity index (χ1v) is 7.97. The lowest BCUT2D eigenvalue weighted by molar-refractivity contribution is 0.101. The quantitative estimate of drug-likeness (QED) is 0.814. The van der Waals surface area contributed by atoms with Crippen molar-refractivity contribution < 1.29 is 4.79 Å². The second-order valence-electron chi connectivity index (χ2n) is 6.63. The van der Waals surface area contributed by atoms with Gasteiger partial charge in [-0.15, -0.1) is 0 Å². The number of piperidine rings is 1. The van der Waals surface area contributed by atoms with Gasteiger partial charge in [0.2, 0.25) is 0 Å². The fourth-order valence-corrected chi connectivity index (χ4v) is 3.88. The number of pyridine rings is 1. The Morgan fingerprint density at radius 1 is 1.18 bits per heavy atom.